The van der Waals surface area contributed by atoms with E-state index in [0.717, 1.165) is 32.4 Å². The molecule has 1 saturated heterocycles. The minimum absolute atomic E-state index is 0.0165. The second-order valence-electron chi connectivity index (χ2n) is 6.45. The zero-order chi connectivity index (χ0) is 17.6. The lowest BCUT2D eigenvalue weighted by atomic mass is 10.2. The third-order valence-corrected chi connectivity index (χ3v) is 5.52. The summed E-state index contributed by atoms with van der Waals surface area (Å²) in [6.07, 6.45) is 5.45. The van der Waals surface area contributed by atoms with Crippen molar-refractivity contribution >= 4 is 28.6 Å². The fourth-order valence-electron chi connectivity index (χ4n) is 3.22. The van der Waals surface area contributed by atoms with Crippen LogP contribution in [0.1, 0.15) is 39.0 Å². The molecule has 0 radical (unpaired) electrons. The normalized spacial score (nSPS) is 15.3. The molecule has 5 nitrogen and oxygen atoms in total. The highest BCUT2D eigenvalue weighted by Gasteiger charge is 2.18. The Balaban J connectivity index is 1.81. The number of para-hydroxylation sites is 1. The van der Waals surface area contributed by atoms with Gasteiger partial charge in [0.1, 0.15) is 0 Å². The lowest BCUT2D eigenvalue weighted by Crippen LogP contribution is -2.33. The van der Waals surface area contributed by atoms with Crippen LogP contribution in [0.15, 0.2) is 34.2 Å². The Morgan fingerprint density at radius 3 is 2.60 bits per heavy atom. The Bertz CT molecular complexity index is 795. The molecule has 0 atom stereocenters. The summed E-state index contributed by atoms with van der Waals surface area (Å²) in [5.74, 6) is 0.492. The van der Waals surface area contributed by atoms with Crippen molar-refractivity contribution in [1.29, 1.82) is 0 Å². The molecule has 0 saturated carbocycles. The standard InChI is InChI=1S/C19H25N3O2S/c1-2-11-22-18(24)15-9-5-6-10-16(15)20-19(22)25-14-17(23)21-12-7-3-4-8-13-21/h5-6,9-10H,2-4,7-8,11-14H2,1H3. The summed E-state index contributed by atoms with van der Waals surface area (Å²) in [7, 11) is 0. The lowest BCUT2D eigenvalue weighted by Gasteiger charge is -2.20. The van der Waals surface area contributed by atoms with Crippen LogP contribution in [-0.4, -0.2) is 39.2 Å². The van der Waals surface area contributed by atoms with Gasteiger partial charge in [-0.2, -0.15) is 0 Å². The molecule has 3 rings (SSSR count). The molecular weight excluding hydrogens is 334 g/mol. The van der Waals surface area contributed by atoms with Crippen LogP contribution in [0.3, 0.4) is 0 Å². The van der Waals surface area contributed by atoms with E-state index in [0.29, 0.717) is 28.4 Å². The van der Waals surface area contributed by atoms with Crippen molar-refractivity contribution in [2.24, 2.45) is 0 Å². The maximum Gasteiger partial charge on any atom is 0.262 e. The van der Waals surface area contributed by atoms with Crippen LogP contribution < -0.4 is 5.56 Å². The van der Waals surface area contributed by atoms with E-state index in [1.807, 2.05) is 36.1 Å². The number of rotatable bonds is 5. The van der Waals surface area contributed by atoms with Crippen LogP contribution in [0.2, 0.25) is 0 Å². The number of hydrogen-bond donors (Lipinski definition) is 0. The fourth-order valence-corrected chi connectivity index (χ4v) is 4.14. The summed E-state index contributed by atoms with van der Waals surface area (Å²) in [6, 6.07) is 7.41. The van der Waals surface area contributed by atoms with E-state index in [4.69, 9.17) is 0 Å². The van der Waals surface area contributed by atoms with Gasteiger partial charge in [0.05, 0.1) is 16.7 Å². The van der Waals surface area contributed by atoms with Gasteiger partial charge in [-0.05, 0) is 31.4 Å². The molecule has 1 aliphatic heterocycles. The Hall–Kier alpha value is -1.82. The SMILES string of the molecule is CCCn1c(SCC(=O)N2CCCCCC2)nc2ccccc2c1=O. The van der Waals surface area contributed by atoms with Crippen molar-refractivity contribution in [3.05, 3.63) is 34.6 Å². The highest BCUT2D eigenvalue weighted by Crippen LogP contribution is 2.19. The minimum atomic E-state index is -0.0165. The van der Waals surface area contributed by atoms with Crippen LogP contribution >= 0.6 is 11.8 Å². The average molecular weight is 359 g/mol. The molecule has 0 aliphatic carbocycles. The first-order chi connectivity index (χ1) is 12.2. The van der Waals surface area contributed by atoms with E-state index in [9.17, 15) is 9.59 Å². The summed E-state index contributed by atoms with van der Waals surface area (Å²) in [4.78, 5) is 31.9. The summed E-state index contributed by atoms with van der Waals surface area (Å²) in [5, 5.41) is 1.29. The predicted octanol–water partition coefficient (Wildman–Crippen LogP) is 3.30. The molecule has 1 aliphatic rings. The van der Waals surface area contributed by atoms with E-state index in [2.05, 4.69) is 4.98 Å². The molecule has 2 aromatic rings. The van der Waals surface area contributed by atoms with Gasteiger partial charge in [0.2, 0.25) is 5.91 Å². The van der Waals surface area contributed by atoms with Gasteiger partial charge in [-0.15, -0.1) is 0 Å². The van der Waals surface area contributed by atoms with Gasteiger partial charge in [0.15, 0.2) is 5.16 Å². The molecule has 1 amide bonds. The highest BCUT2D eigenvalue weighted by molar-refractivity contribution is 7.99. The molecular formula is C19H25N3O2S. The number of hydrogen-bond acceptors (Lipinski definition) is 4. The maximum absolute atomic E-state index is 12.7. The van der Waals surface area contributed by atoms with Gasteiger partial charge in [-0.25, -0.2) is 4.98 Å². The number of benzene rings is 1. The number of aromatic nitrogens is 2. The molecule has 1 fully saturated rings. The molecule has 0 N–H and O–H groups in total. The molecule has 1 aromatic heterocycles. The van der Waals surface area contributed by atoms with Gasteiger partial charge in [0, 0.05) is 19.6 Å². The first-order valence-corrected chi connectivity index (χ1v) is 10.1. The zero-order valence-corrected chi connectivity index (χ0v) is 15.6. The van der Waals surface area contributed by atoms with Gasteiger partial charge >= 0.3 is 0 Å². The molecule has 6 heteroatoms. The van der Waals surface area contributed by atoms with E-state index in [1.54, 1.807) is 4.57 Å². The summed E-state index contributed by atoms with van der Waals surface area (Å²) in [5.41, 5.74) is 0.682. The molecule has 0 spiro atoms. The highest BCUT2D eigenvalue weighted by atomic mass is 32.2. The summed E-state index contributed by atoms with van der Waals surface area (Å²) < 4.78 is 1.71. The minimum Gasteiger partial charge on any atom is -0.342 e. The predicted molar refractivity (Wildman–Crippen MR) is 102 cm³/mol. The molecule has 1 aromatic carbocycles. The first-order valence-electron chi connectivity index (χ1n) is 9.11. The average Bonchev–Trinajstić information content (AvgIpc) is 2.92. The van der Waals surface area contributed by atoms with E-state index in [-0.39, 0.29) is 11.5 Å². The molecule has 25 heavy (non-hydrogen) atoms. The van der Waals surface area contributed by atoms with Crippen molar-refractivity contribution in [3.8, 4) is 0 Å². The molecule has 0 bridgehead atoms. The number of fused-ring (bicyclic) bond motifs is 1. The van der Waals surface area contributed by atoms with Crippen LogP contribution in [-0.2, 0) is 11.3 Å². The summed E-state index contributed by atoms with van der Waals surface area (Å²) >= 11 is 1.39. The molecule has 2 heterocycles. The fraction of sp³-hybridized carbons (Fsp3) is 0.526. The number of amides is 1. The quantitative estimate of drug-likeness (QED) is 0.607. The van der Waals surface area contributed by atoms with E-state index in [1.165, 1.54) is 24.6 Å². The molecule has 0 unspecified atom stereocenters. The first kappa shape index (κ1) is 18.0. The third-order valence-electron chi connectivity index (χ3n) is 4.56. The Labute approximate surface area is 152 Å². The van der Waals surface area contributed by atoms with Gasteiger partial charge < -0.3 is 4.90 Å². The number of carbonyl (C=O) groups excluding carboxylic acids is 1. The number of thioether (sulfide) groups is 1. The van der Waals surface area contributed by atoms with Crippen molar-refractivity contribution in [1.82, 2.24) is 14.5 Å². The van der Waals surface area contributed by atoms with Crippen LogP contribution in [0, 0.1) is 0 Å². The molecule has 134 valence electrons. The topological polar surface area (TPSA) is 55.2 Å². The van der Waals surface area contributed by atoms with Crippen molar-refractivity contribution in [2.45, 2.75) is 50.7 Å². The van der Waals surface area contributed by atoms with Crippen molar-refractivity contribution in [2.75, 3.05) is 18.8 Å². The monoisotopic (exact) mass is 359 g/mol. The van der Waals surface area contributed by atoms with E-state index >= 15 is 0 Å². The summed E-state index contributed by atoms with van der Waals surface area (Å²) in [6.45, 7) is 4.37. The number of carbonyl (C=O) groups is 1. The number of likely N-dealkylation sites (tertiary alicyclic amines) is 1. The number of nitrogens with zero attached hydrogens (tertiary/aromatic N) is 3. The Morgan fingerprint density at radius 1 is 1.16 bits per heavy atom. The van der Waals surface area contributed by atoms with Crippen molar-refractivity contribution in [3.63, 3.8) is 0 Å². The Morgan fingerprint density at radius 2 is 1.88 bits per heavy atom. The lowest BCUT2D eigenvalue weighted by molar-refractivity contribution is -0.128. The van der Waals surface area contributed by atoms with Crippen LogP contribution in [0.25, 0.3) is 10.9 Å². The van der Waals surface area contributed by atoms with Crippen LogP contribution in [0.5, 0.6) is 0 Å². The van der Waals surface area contributed by atoms with E-state index < -0.39 is 0 Å². The second kappa shape index (κ2) is 8.52. The smallest absolute Gasteiger partial charge is 0.262 e. The largest absolute Gasteiger partial charge is 0.342 e. The third kappa shape index (κ3) is 4.24. The van der Waals surface area contributed by atoms with Gasteiger partial charge in [-0.1, -0.05) is 43.7 Å². The van der Waals surface area contributed by atoms with Crippen molar-refractivity contribution < 1.29 is 4.79 Å². The Kier molecular flexibility index (Phi) is 6.13. The van der Waals surface area contributed by atoms with Crippen LogP contribution in [0.4, 0.5) is 0 Å². The zero-order valence-electron chi connectivity index (χ0n) is 14.7. The second-order valence-corrected chi connectivity index (χ2v) is 7.39. The van der Waals surface area contributed by atoms with Gasteiger partial charge in [-0.3, -0.25) is 14.2 Å². The van der Waals surface area contributed by atoms with Gasteiger partial charge in [0.25, 0.3) is 5.56 Å². The maximum atomic E-state index is 12.7.